The first-order valence-electron chi connectivity index (χ1n) is 14.9. The summed E-state index contributed by atoms with van der Waals surface area (Å²) in [5.41, 5.74) is -1.93. The third-order valence-corrected chi connectivity index (χ3v) is 8.63. The Morgan fingerprint density at radius 3 is 1.54 bits per heavy atom. The Morgan fingerprint density at radius 2 is 1.13 bits per heavy atom. The van der Waals surface area contributed by atoms with Crippen molar-refractivity contribution in [2.75, 3.05) is 6.61 Å². The lowest BCUT2D eigenvalue weighted by molar-refractivity contribution is -0.314. The van der Waals surface area contributed by atoms with Crippen LogP contribution in [0.5, 0.6) is 0 Å². The van der Waals surface area contributed by atoms with Crippen LogP contribution in [0.1, 0.15) is 122 Å². The lowest BCUT2D eigenvalue weighted by atomic mass is 9.99. The highest BCUT2D eigenvalue weighted by Crippen LogP contribution is 2.50. The zero-order chi connectivity index (χ0) is 29.1. The van der Waals surface area contributed by atoms with Crippen LogP contribution in [-0.4, -0.2) is 80.0 Å². The van der Waals surface area contributed by atoms with E-state index >= 15 is 0 Å². The van der Waals surface area contributed by atoms with E-state index in [0.717, 1.165) is 25.7 Å². The lowest BCUT2D eigenvalue weighted by Crippen LogP contribution is -2.60. The van der Waals surface area contributed by atoms with Crippen molar-refractivity contribution in [3.8, 4) is 0 Å². The standard InChI is InChI=1S/C27H53O11P/c1-2-3-4-5-6-7-8-9-10-11-12-13-14-15-16-17-18-19-20-36-39(35,27(33)34)38-26(32)24-22(29)21(28)23(30)25(31)37-24/h21-26,28-32H,2-20H2,1H3,(H,33,34)/t21-,22+,23+,24-,25+,26?,39?/m0/s1. The molecule has 0 bridgehead atoms. The fraction of sp³-hybridized carbons (Fsp3) is 0.963. The molecular weight excluding hydrogens is 531 g/mol. The minimum absolute atomic E-state index is 0.174. The molecule has 2 unspecified atom stereocenters. The second-order valence-electron chi connectivity index (χ2n) is 10.6. The van der Waals surface area contributed by atoms with Crippen LogP contribution in [0.4, 0.5) is 4.79 Å². The maximum Gasteiger partial charge on any atom is 0.440 e. The molecule has 0 radical (unpaired) electrons. The van der Waals surface area contributed by atoms with Crippen molar-refractivity contribution >= 4 is 13.3 Å². The number of aliphatic hydroxyl groups is 5. The quantitative estimate of drug-likeness (QED) is 0.0507. The molecular formula is C27H53O11P. The molecule has 0 aromatic heterocycles. The van der Waals surface area contributed by atoms with Gasteiger partial charge in [-0.1, -0.05) is 116 Å². The van der Waals surface area contributed by atoms with Crippen LogP contribution < -0.4 is 0 Å². The van der Waals surface area contributed by atoms with Crippen molar-refractivity contribution < 1.29 is 53.8 Å². The van der Waals surface area contributed by atoms with Crippen molar-refractivity contribution in [3.05, 3.63) is 0 Å². The number of hydrogen-bond donors (Lipinski definition) is 6. The van der Waals surface area contributed by atoms with Crippen molar-refractivity contribution in [3.63, 3.8) is 0 Å². The summed E-state index contributed by atoms with van der Waals surface area (Å²) in [6.45, 7) is 2.07. The van der Waals surface area contributed by atoms with Gasteiger partial charge in [0.25, 0.3) is 0 Å². The van der Waals surface area contributed by atoms with Crippen molar-refractivity contribution in [2.45, 2.75) is 159 Å². The van der Waals surface area contributed by atoms with Gasteiger partial charge in [-0.25, -0.2) is 9.36 Å². The second kappa shape index (κ2) is 21.1. The summed E-state index contributed by atoms with van der Waals surface area (Å²) in [6, 6.07) is 0. The van der Waals surface area contributed by atoms with Gasteiger partial charge >= 0.3 is 13.3 Å². The minimum Gasteiger partial charge on any atom is -0.472 e. The Hall–Kier alpha value is -0.620. The molecule has 11 nitrogen and oxygen atoms in total. The summed E-state index contributed by atoms with van der Waals surface area (Å²) >= 11 is 0. The van der Waals surface area contributed by atoms with Gasteiger partial charge in [-0.15, -0.1) is 0 Å². The molecule has 1 heterocycles. The number of aliphatic hydroxyl groups excluding tert-OH is 5. The normalized spacial score (nSPS) is 25.8. The lowest BCUT2D eigenvalue weighted by Gasteiger charge is -2.39. The molecule has 7 atom stereocenters. The molecule has 1 aliphatic rings. The topological polar surface area (TPSA) is 183 Å². The highest BCUT2D eigenvalue weighted by Gasteiger charge is 2.49. The predicted octanol–water partition coefficient (Wildman–Crippen LogP) is 5.05. The summed E-state index contributed by atoms with van der Waals surface area (Å²) in [6.07, 6.45) is 9.75. The van der Waals surface area contributed by atoms with Crippen molar-refractivity contribution in [1.29, 1.82) is 0 Å². The van der Waals surface area contributed by atoms with E-state index in [2.05, 4.69) is 11.4 Å². The third kappa shape index (κ3) is 14.7. The average molecular weight is 585 g/mol. The fourth-order valence-corrected chi connectivity index (χ4v) is 5.68. The van der Waals surface area contributed by atoms with Crippen molar-refractivity contribution in [2.24, 2.45) is 0 Å². The minimum atomic E-state index is -4.84. The van der Waals surface area contributed by atoms with E-state index in [1.165, 1.54) is 83.5 Å². The third-order valence-electron chi connectivity index (χ3n) is 7.15. The SMILES string of the molecule is CCCCCCCCCCCCCCCCCCCCOP(=O)(OC(O)[C@H]1O[C@@H](O)[C@H](O)[C@@H](O)[C@H]1O)C(=O)O. The zero-order valence-electron chi connectivity index (χ0n) is 23.6. The molecule has 0 spiro atoms. The first kappa shape index (κ1) is 36.4. The Morgan fingerprint density at radius 1 is 0.718 bits per heavy atom. The van der Waals surface area contributed by atoms with E-state index in [1.807, 2.05) is 0 Å². The van der Waals surface area contributed by atoms with Gasteiger partial charge in [-0.3, -0.25) is 4.52 Å². The summed E-state index contributed by atoms with van der Waals surface area (Å²) in [5, 5.41) is 58.0. The molecule has 1 saturated heterocycles. The maximum atomic E-state index is 12.6. The molecule has 1 fully saturated rings. The molecule has 6 N–H and O–H groups in total. The number of carbonyl (C=O) groups is 1. The van der Waals surface area contributed by atoms with Crippen LogP contribution in [0.15, 0.2) is 0 Å². The molecule has 12 heteroatoms. The Balaban J connectivity index is 2.08. The Labute approximate surface area is 233 Å². The van der Waals surface area contributed by atoms with E-state index in [9.17, 15) is 40.0 Å². The Kier molecular flexibility index (Phi) is 19.7. The smallest absolute Gasteiger partial charge is 0.440 e. The van der Waals surface area contributed by atoms with Crippen LogP contribution >= 0.6 is 7.60 Å². The van der Waals surface area contributed by atoms with E-state index in [-0.39, 0.29) is 6.61 Å². The van der Waals surface area contributed by atoms with E-state index in [0.29, 0.717) is 6.42 Å². The predicted molar refractivity (Wildman–Crippen MR) is 146 cm³/mol. The number of rotatable bonds is 24. The first-order valence-corrected chi connectivity index (χ1v) is 16.4. The summed E-state index contributed by atoms with van der Waals surface area (Å²) < 4.78 is 27.0. The van der Waals surface area contributed by atoms with Gasteiger partial charge in [-0.2, -0.15) is 0 Å². The first-order chi connectivity index (χ1) is 18.6. The molecule has 0 amide bonds. The van der Waals surface area contributed by atoms with Gasteiger partial charge in [0.15, 0.2) is 12.6 Å². The van der Waals surface area contributed by atoms with Gasteiger partial charge in [0, 0.05) is 0 Å². The molecule has 0 aliphatic carbocycles. The number of ether oxygens (including phenoxy) is 1. The van der Waals surface area contributed by atoms with E-state index < -0.39 is 50.3 Å². The van der Waals surface area contributed by atoms with Gasteiger partial charge < -0.3 is 39.9 Å². The highest BCUT2D eigenvalue weighted by molar-refractivity contribution is 7.71. The monoisotopic (exact) mass is 584 g/mol. The molecule has 0 aromatic rings. The molecule has 1 aliphatic heterocycles. The molecule has 1 rings (SSSR count). The van der Waals surface area contributed by atoms with Gasteiger partial charge in [0.2, 0.25) is 0 Å². The summed E-state index contributed by atoms with van der Waals surface area (Å²) in [4.78, 5) is 11.5. The number of hydrogen-bond acceptors (Lipinski definition) is 10. The van der Waals surface area contributed by atoms with Crippen LogP contribution in [0.25, 0.3) is 0 Å². The van der Waals surface area contributed by atoms with E-state index in [4.69, 9.17) is 9.26 Å². The molecule has 39 heavy (non-hydrogen) atoms. The second-order valence-corrected chi connectivity index (χ2v) is 12.4. The van der Waals surface area contributed by atoms with Crippen LogP contribution in [0.3, 0.4) is 0 Å². The fourth-order valence-electron chi connectivity index (χ4n) is 4.64. The molecule has 0 aromatic carbocycles. The molecule has 232 valence electrons. The largest absolute Gasteiger partial charge is 0.472 e. The average Bonchev–Trinajstić information content (AvgIpc) is 2.90. The van der Waals surface area contributed by atoms with Gasteiger partial charge in [0.05, 0.1) is 6.61 Å². The number of carboxylic acid groups (broad SMARTS) is 1. The van der Waals surface area contributed by atoms with E-state index in [1.54, 1.807) is 0 Å². The zero-order valence-corrected chi connectivity index (χ0v) is 24.5. The van der Waals surface area contributed by atoms with Crippen LogP contribution in [0, 0.1) is 0 Å². The van der Waals surface area contributed by atoms with Gasteiger partial charge in [-0.05, 0) is 6.42 Å². The number of unbranched alkanes of at least 4 members (excludes halogenated alkanes) is 17. The van der Waals surface area contributed by atoms with Crippen molar-refractivity contribution in [1.82, 2.24) is 0 Å². The van der Waals surface area contributed by atoms with Crippen LogP contribution in [0.2, 0.25) is 0 Å². The highest BCUT2D eigenvalue weighted by atomic mass is 31.2. The maximum absolute atomic E-state index is 12.6. The van der Waals surface area contributed by atoms with Gasteiger partial charge in [0.1, 0.15) is 24.4 Å². The Bertz CT molecular complexity index is 680. The van der Waals surface area contributed by atoms with Crippen LogP contribution in [-0.2, 0) is 18.3 Å². The summed E-state index contributed by atoms with van der Waals surface area (Å²) in [5.74, 6) is 0. The molecule has 0 saturated carbocycles. The summed E-state index contributed by atoms with van der Waals surface area (Å²) in [7, 11) is -4.84.